The van der Waals surface area contributed by atoms with E-state index >= 15 is 0 Å². The van der Waals surface area contributed by atoms with Crippen molar-refractivity contribution in [1.82, 2.24) is 0 Å². The van der Waals surface area contributed by atoms with Crippen LogP contribution in [0.1, 0.15) is 55.3 Å². The van der Waals surface area contributed by atoms with E-state index in [0.717, 1.165) is 0 Å². The minimum atomic E-state index is -1.23. The first kappa shape index (κ1) is 23.0. The van der Waals surface area contributed by atoms with Crippen LogP contribution >= 0.6 is 0 Å². The summed E-state index contributed by atoms with van der Waals surface area (Å²) in [6, 6.07) is 11.3. The smallest absolute Gasteiger partial charge is 0.545 e. The van der Waals surface area contributed by atoms with Gasteiger partial charge in [-0.2, -0.15) is 0 Å². The summed E-state index contributed by atoms with van der Waals surface area (Å²) in [6.07, 6.45) is 0. The molecule has 0 aliphatic carbocycles. The van der Waals surface area contributed by atoms with Crippen molar-refractivity contribution in [3.63, 3.8) is 0 Å². The third-order valence-electron chi connectivity index (χ3n) is 3.05. The number of carboxylic acids is 2. The maximum atomic E-state index is 10.8. The molecule has 0 aromatic heterocycles. The molecule has 0 amide bonds. The molecule has 0 radical (unpaired) electrons. The molecule has 124 valence electrons. The number of carbonyl (C=O) groups is 4. The van der Waals surface area contributed by atoms with Crippen molar-refractivity contribution < 1.29 is 29.4 Å². The Morgan fingerprint density at radius 1 is 0.560 bits per heavy atom. The molecule has 0 bridgehead atoms. The van der Waals surface area contributed by atoms with Crippen LogP contribution in [0.25, 0.3) is 0 Å². The fraction of sp³-hybridized carbons (Fsp3) is 0.111. The van der Waals surface area contributed by atoms with E-state index in [4.69, 9.17) is 0 Å². The van der Waals surface area contributed by atoms with Gasteiger partial charge in [0.15, 0.2) is 11.6 Å². The molecule has 0 aliphatic heterocycles. The van der Waals surface area contributed by atoms with Crippen LogP contribution < -0.4 is 10.2 Å². The Kier molecular flexibility index (Phi) is 9.89. The van der Waals surface area contributed by atoms with E-state index in [1.807, 2.05) is 0 Å². The van der Waals surface area contributed by atoms with Crippen LogP contribution in [0.2, 0.25) is 0 Å². The Balaban J connectivity index is 0.000000443. The van der Waals surface area contributed by atoms with Crippen LogP contribution in [0.3, 0.4) is 0 Å². The largest absolute Gasteiger partial charge is 2.00 e. The van der Waals surface area contributed by atoms with Crippen LogP contribution in [0.4, 0.5) is 0 Å². The molecule has 0 saturated heterocycles. The van der Waals surface area contributed by atoms with E-state index in [0.29, 0.717) is 11.1 Å². The van der Waals surface area contributed by atoms with Gasteiger partial charge in [0.2, 0.25) is 0 Å². The van der Waals surface area contributed by atoms with Crippen LogP contribution in [0, 0.1) is 0 Å². The summed E-state index contributed by atoms with van der Waals surface area (Å²) in [5, 5.41) is 20.6. The molecule has 0 atom stereocenters. The van der Waals surface area contributed by atoms with Gasteiger partial charge < -0.3 is 19.8 Å². The van der Waals surface area contributed by atoms with Crippen molar-refractivity contribution in [2.24, 2.45) is 0 Å². The second kappa shape index (κ2) is 10.8. The Morgan fingerprint density at radius 3 is 0.920 bits per heavy atom. The van der Waals surface area contributed by atoms with Crippen LogP contribution in [-0.4, -0.2) is 61.2 Å². The summed E-state index contributed by atoms with van der Waals surface area (Å²) in [5.74, 6) is -2.63. The predicted octanol–water partition coefficient (Wildman–Crippen LogP) is 0.125. The third-order valence-corrected chi connectivity index (χ3v) is 3.05. The average Bonchev–Trinajstić information content (AvgIpc) is 2.55. The number of carbonyl (C=O) groups excluding carboxylic acids is 4. The quantitative estimate of drug-likeness (QED) is 0.561. The van der Waals surface area contributed by atoms with Gasteiger partial charge in [-0.3, -0.25) is 9.59 Å². The van der Waals surface area contributed by atoms with Gasteiger partial charge in [-0.05, 0) is 25.0 Å². The Labute approximate surface area is 174 Å². The van der Waals surface area contributed by atoms with Crippen LogP contribution in [0.5, 0.6) is 0 Å². The number of benzene rings is 2. The van der Waals surface area contributed by atoms with Gasteiger partial charge in [-0.1, -0.05) is 48.5 Å². The number of hydrogen-bond acceptors (Lipinski definition) is 6. The molecular weight excluding hydrogens is 352 g/mol. The molecule has 0 spiro atoms. The molecule has 0 aliphatic rings. The van der Waals surface area contributed by atoms with Crippen molar-refractivity contribution in [1.29, 1.82) is 0 Å². The van der Waals surface area contributed by atoms with Gasteiger partial charge >= 0.3 is 37.7 Å². The van der Waals surface area contributed by atoms with E-state index < -0.39 is 11.9 Å². The second-order valence-electron chi connectivity index (χ2n) is 4.84. The third kappa shape index (κ3) is 7.60. The monoisotopic (exact) mass is 366 g/mol. The van der Waals surface area contributed by atoms with Crippen LogP contribution in [-0.2, 0) is 0 Å². The van der Waals surface area contributed by atoms with E-state index in [-0.39, 0.29) is 60.4 Å². The molecule has 0 saturated carbocycles. The summed E-state index contributed by atoms with van der Waals surface area (Å²) in [4.78, 5) is 42.1. The maximum Gasteiger partial charge on any atom is 2.00 e. The summed E-state index contributed by atoms with van der Waals surface area (Å²) in [7, 11) is 0. The number of hydrogen-bond donors (Lipinski definition) is 0. The first-order valence-corrected chi connectivity index (χ1v) is 6.87. The summed E-state index contributed by atoms with van der Waals surface area (Å²) in [6.45, 7) is 2.85. The van der Waals surface area contributed by atoms with Crippen molar-refractivity contribution in [3.8, 4) is 0 Å². The zero-order valence-corrected chi connectivity index (χ0v) is 16.0. The fourth-order valence-electron chi connectivity index (χ4n) is 1.68. The first-order valence-electron chi connectivity index (χ1n) is 6.87. The van der Waals surface area contributed by atoms with E-state index in [1.165, 1.54) is 62.4 Å². The molecule has 0 heterocycles. The predicted molar refractivity (Wildman–Crippen MR) is 87.3 cm³/mol. The first-order chi connectivity index (χ1) is 11.2. The molecule has 6 nitrogen and oxygen atoms in total. The van der Waals surface area contributed by atoms with Crippen molar-refractivity contribution in [2.45, 2.75) is 13.8 Å². The minimum Gasteiger partial charge on any atom is -0.545 e. The SMILES string of the molecule is CC(=O)c1ccc(C(=O)[O-])cc1.CC(=O)c1ccc(C(=O)[O-])cc1.[Ca+2]. The number of aromatic carboxylic acids is 2. The van der Waals surface area contributed by atoms with Gasteiger partial charge in [0, 0.05) is 11.1 Å². The van der Waals surface area contributed by atoms with E-state index in [2.05, 4.69) is 0 Å². The Bertz CT molecular complexity index is 630. The molecule has 2 aromatic rings. The molecule has 2 aromatic carbocycles. The molecule has 0 fully saturated rings. The second-order valence-corrected chi connectivity index (χ2v) is 4.84. The number of rotatable bonds is 4. The molecule has 0 unspecified atom stereocenters. The van der Waals surface area contributed by atoms with Gasteiger partial charge in [0.1, 0.15) is 0 Å². The van der Waals surface area contributed by atoms with Crippen molar-refractivity contribution >= 4 is 61.2 Å². The number of ketones is 2. The van der Waals surface area contributed by atoms with Gasteiger partial charge in [0.05, 0.1) is 11.9 Å². The Hall–Kier alpha value is -2.02. The minimum absolute atomic E-state index is 0. The molecule has 0 N–H and O–H groups in total. The van der Waals surface area contributed by atoms with Crippen LogP contribution in [0.15, 0.2) is 48.5 Å². The van der Waals surface area contributed by atoms with Gasteiger partial charge in [0.25, 0.3) is 0 Å². The van der Waals surface area contributed by atoms with E-state index in [1.54, 1.807) is 0 Å². The summed E-state index contributed by atoms with van der Waals surface area (Å²) in [5.41, 5.74) is 1.17. The molecule has 25 heavy (non-hydrogen) atoms. The van der Waals surface area contributed by atoms with Crippen molar-refractivity contribution in [3.05, 3.63) is 70.8 Å². The fourth-order valence-corrected chi connectivity index (χ4v) is 1.68. The zero-order valence-electron chi connectivity index (χ0n) is 13.8. The number of carboxylic acid groups (broad SMARTS) is 2. The molecular formula is C18H14CaO6. The maximum absolute atomic E-state index is 10.8. The standard InChI is InChI=1S/2C9H8O3.Ca/c2*1-6(10)7-2-4-8(5-3-7)9(11)12;/h2*2-5H,1H3,(H,11,12);/q;;+2/p-2. The van der Waals surface area contributed by atoms with Crippen molar-refractivity contribution in [2.75, 3.05) is 0 Å². The zero-order chi connectivity index (χ0) is 18.3. The Morgan fingerprint density at radius 2 is 0.760 bits per heavy atom. The number of Topliss-reactive ketones (excluding diaryl/α,β-unsaturated/α-hetero) is 2. The average molecular weight is 366 g/mol. The molecule has 7 heteroatoms. The summed E-state index contributed by atoms with van der Waals surface area (Å²) < 4.78 is 0. The molecule has 2 rings (SSSR count). The normalized spacial score (nSPS) is 9.04. The summed E-state index contributed by atoms with van der Waals surface area (Å²) >= 11 is 0. The topological polar surface area (TPSA) is 114 Å². The van der Waals surface area contributed by atoms with Gasteiger partial charge in [-0.15, -0.1) is 0 Å². The van der Waals surface area contributed by atoms with Gasteiger partial charge in [-0.25, -0.2) is 0 Å². The van der Waals surface area contributed by atoms with E-state index in [9.17, 15) is 29.4 Å².